The molecular weight excluding hydrogens is 317 g/mol. The third-order valence-corrected chi connectivity index (χ3v) is 3.29. The number of nitrogens with one attached hydrogen (secondary N) is 1. The number of ether oxygens (including phenoxy) is 2. The second-order valence-electron chi connectivity index (χ2n) is 4.83. The normalized spacial score (nSPS) is 11.5. The van der Waals surface area contributed by atoms with E-state index in [0.717, 1.165) is 12.4 Å². The minimum absolute atomic E-state index is 0.00944. The van der Waals surface area contributed by atoms with E-state index in [1.165, 1.54) is 26.4 Å². The number of amides is 1. The lowest BCUT2D eigenvalue weighted by atomic mass is 10.1. The van der Waals surface area contributed by atoms with Gasteiger partial charge in [0.1, 0.15) is 17.3 Å². The highest BCUT2D eigenvalue weighted by atomic mass is 19.1. The maximum Gasteiger partial charge on any atom is 0.358 e. The molecule has 2 aromatic rings. The summed E-state index contributed by atoms with van der Waals surface area (Å²) in [5.41, 5.74) is 0.204. The minimum Gasteiger partial charge on any atom is -0.496 e. The molecule has 126 valence electrons. The first-order valence-corrected chi connectivity index (χ1v) is 7.01. The fraction of sp³-hybridized carbons (Fsp3) is 0.250. The lowest BCUT2D eigenvalue weighted by Gasteiger charge is -2.17. The van der Waals surface area contributed by atoms with E-state index in [1.807, 2.05) is 0 Å². The molecule has 8 heteroatoms. The molecule has 0 bridgehead atoms. The summed E-state index contributed by atoms with van der Waals surface area (Å²) in [7, 11) is 2.64. The smallest absolute Gasteiger partial charge is 0.358 e. The quantitative estimate of drug-likeness (QED) is 0.841. The number of aromatic nitrogens is 2. The molecule has 0 aliphatic heterocycles. The first-order valence-electron chi connectivity index (χ1n) is 7.01. The number of esters is 1. The van der Waals surface area contributed by atoms with E-state index in [4.69, 9.17) is 4.74 Å². The van der Waals surface area contributed by atoms with Gasteiger partial charge in [-0.3, -0.25) is 4.79 Å². The Morgan fingerprint density at radius 1 is 1.17 bits per heavy atom. The van der Waals surface area contributed by atoms with Crippen LogP contribution in [0, 0.1) is 5.82 Å². The predicted octanol–water partition coefficient (Wildman–Crippen LogP) is 1.90. The summed E-state index contributed by atoms with van der Waals surface area (Å²) in [4.78, 5) is 31.1. The summed E-state index contributed by atoms with van der Waals surface area (Å²) in [6.07, 6.45) is 2.28. The Balaban J connectivity index is 2.16. The number of methoxy groups -OCH3 is 2. The molecule has 0 aliphatic carbocycles. The number of carbonyl (C=O) groups is 2. The molecule has 1 aromatic heterocycles. The first-order chi connectivity index (χ1) is 11.5. The molecule has 24 heavy (non-hydrogen) atoms. The van der Waals surface area contributed by atoms with Gasteiger partial charge in [-0.25, -0.2) is 19.2 Å². The third kappa shape index (κ3) is 3.65. The van der Waals surface area contributed by atoms with Gasteiger partial charge < -0.3 is 14.8 Å². The van der Waals surface area contributed by atoms with Gasteiger partial charge in [-0.2, -0.15) is 0 Å². The van der Waals surface area contributed by atoms with Crippen molar-refractivity contribution in [3.8, 4) is 5.75 Å². The average Bonchev–Trinajstić information content (AvgIpc) is 2.60. The van der Waals surface area contributed by atoms with Crippen LogP contribution in [0.5, 0.6) is 5.75 Å². The summed E-state index contributed by atoms with van der Waals surface area (Å²) >= 11 is 0. The van der Waals surface area contributed by atoms with Crippen molar-refractivity contribution in [2.45, 2.75) is 13.0 Å². The van der Waals surface area contributed by atoms with Crippen molar-refractivity contribution >= 4 is 11.9 Å². The molecule has 1 aromatic carbocycles. The van der Waals surface area contributed by atoms with Gasteiger partial charge in [0.25, 0.3) is 5.91 Å². The number of rotatable bonds is 5. The van der Waals surface area contributed by atoms with E-state index in [2.05, 4.69) is 20.0 Å². The molecule has 0 aliphatic rings. The predicted molar refractivity (Wildman–Crippen MR) is 82.2 cm³/mol. The molecule has 1 amide bonds. The molecule has 2 rings (SSSR count). The fourth-order valence-electron chi connectivity index (χ4n) is 2.11. The van der Waals surface area contributed by atoms with Crippen molar-refractivity contribution in [2.75, 3.05) is 14.2 Å². The van der Waals surface area contributed by atoms with E-state index < -0.39 is 23.7 Å². The van der Waals surface area contributed by atoms with E-state index in [1.54, 1.807) is 13.0 Å². The van der Waals surface area contributed by atoms with E-state index in [0.29, 0.717) is 5.75 Å². The van der Waals surface area contributed by atoms with Crippen LogP contribution in [0.1, 0.15) is 39.5 Å². The Labute approximate surface area is 137 Å². The Morgan fingerprint density at radius 3 is 2.42 bits per heavy atom. The summed E-state index contributed by atoms with van der Waals surface area (Å²) in [6, 6.07) is 3.75. The SMILES string of the molecule is COC(=O)c1cnc(C(=O)N[C@H](C)c2c(F)cccc2OC)cn1. The van der Waals surface area contributed by atoms with Crippen LogP contribution < -0.4 is 10.1 Å². The fourth-order valence-corrected chi connectivity index (χ4v) is 2.11. The molecule has 0 fully saturated rings. The van der Waals surface area contributed by atoms with Crippen molar-refractivity contribution in [1.82, 2.24) is 15.3 Å². The Bertz CT molecular complexity index is 749. The average molecular weight is 333 g/mol. The van der Waals surface area contributed by atoms with Gasteiger partial charge >= 0.3 is 5.97 Å². The number of hydrogen-bond donors (Lipinski definition) is 1. The first kappa shape index (κ1) is 17.3. The van der Waals surface area contributed by atoms with Crippen LogP contribution in [0.3, 0.4) is 0 Å². The maximum absolute atomic E-state index is 14.0. The Kier molecular flexibility index (Phi) is 5.41. The van der Waals surface area contributed by atoms with Crippen LogP contribution >= 0.6 is 0 Å². The molecule has 1 N–H and O–H groups in total. The zero-order valence-electron chi connectivity index (χ0n) is 13.4. The van der Waals surface area contributed by atoms with Gasteiger partial charge in [-0.05, 0) is 19.1 Å². The highest BCUT2D eigenvalue weighted by Crippen LogP contribution is 2.27. The maximum atomic E-state index is 14.0. The second-order valence-corrected chi connectivity index (χ2v) is 4.83. The lowest BCUT2D eigenvalue weighted by Crippen LogP contribution is -2.28. The van der Waals surface area contributed by atoms with Crippen molar-refractivity contribution < 1.29 is 23.5 Å². The van der Waals surface area contributed by atoms with Crippen LogP contribution in [-0.2, 0) is 4.74 Å². The largest absolute Gasteiger partial charge is 0.496 e. The summed E-state index contributed by atoms with van der Waals surface area (Å²) in [5.74, 6) is -1.38. The van der Waals surface area contributed by atoms with E-state index in [9.17, 15) is 14.0 Å². The molecular formula is C16H16FN3O4. The van der Waals surface area contributed by atoms with Gasteiger partial charge in [-0.15, -0.1) is 0 Å². The van der Waals surface area contributed by atoms with Gasteiger partial charge in [0.2, 0.25) is 0 Å². The number of halogens is 1. The topological polar surface area (TPSA) is 90.4 Å². The minimum atomic E-state index is -0.657. The summed E-state index contributed by atoms with van der Waals surface area (Å²) < 4.78 is 23.6. The molecule has 1 heterocycles. The molecule has 0 saturated heterocycles. The number of benzene rings is 1. The van der Waals surface area contributed by atoms with Crippen LogP contribution in [0.15, 0.2) is 30.6 Å². The molecule has 7 nitrogen and oxygen atoms in total. The van der Waals surface area contributed by atoms with Gasteiger partial charge in [-0.1, -0.05) is 6.07 Å². The second kappa shape index (κ2) is 7.49. The van der Waals surface area contributed by atoms with Gasteiger partial charge in [0.05, 0.1) is 38.2 Å². The van der Waals surface area contributed by atoms with Crippen LogP contribution in [0.2, 0.25) is 0 Å². The highest BCUT2D eigenvalue weighted by molar-refractivity contribution is 5.93. The summed E-state index contributed by atoms with van der Waals surface area (Å²) in [5, 5.41) is 2.61. The Morgan fingerprint density at radius 2 is 1.83 bits per heavy atom. The zero-order chi connectivity index (χ0) is 17.7. The van der Waals surface area contributed by atoms with Crippen molar-refractivity contribution in [3.05, 3.63) is 53.4 Å². The molecule has 0 saturated carbocycles. The lowest BCUT2D eigenvalue weighted by molar-refractivity contribution is 0.0592. The van der Waals surface area contributed by atoms with Gasteiger partial charge in [0.15, 0.2) is 5.69 Å². The summed E-state index contributed by atoms with van der Waals surface area (Å²) in [6.45, 7) is 1.62. The Hall–Kier alpha value is -3.03. The molecule has 1 atom stereocenters. The highest BCUT2D eigenvalue weighted by Gasteiger charge is 2.20. The number of hydrogen-bond acceptors (Lipinski definition) is 6. The molecule has 0 unspecified atom stereocenters. The van der Waals surface area contributed by atoms with E-state index in [-0.39, 0.29) is 17.0 Å². The van der Waals surface area contributed by atoms with Crippen molar-refractivity contribution in [1.29, 1.82) is 0 Å². The van der Waals surface area contributed by atoms with Crippen LogP contribution in [0.4, 0.5) is 4.39 Å². The van der Waals surface area contributed by atoms with Crippen molar-refractivity contribution in [3.63, 3.8) is 0 Å². The number of nitrogens with zero attached hydrogens (tertiary/aromatic N) is 2. The van der Waals surface area contributed by atoms with Crippen LogP contribution in [0.25, 0.3) is 0 Å². The molecule has 0 radical (unpaired) electrons. The zero-order valence-corrected chi connectivity index (χ0v) is 13.4. The standard InChI is InChI=1S/C16H16FN3O4/c1-9(14-10(17)5-4-6-13(14)23-2)20-15(21)11-7-19-12(8-18-11)16(22)24-3/h4-9H,1-3H3,(H,20,21)/t9-/m1/s1. The van der Waals surface area contributed by atoms with E-state index >= 15 is 0 Å². The monoisotopic (exact) mass is 333 g/mol. The van der Waals surface area contributed by atoms with Gasteiger partial charge in [0, 0.05) is 0 Å². The van der Waals surface area contributed by atoms with Crippen molar-refractivity contribution in [2.24, 2.45) is 0 Å². The van der Waals surface area contributed by atoms with Crippen LogP contribution in [-0.4, -0.2) is 36.1 Å². The number of carbonyl (C=O) groups excluding carboxylic acids is 2. The molecule has 0 spiro atoms. The third-order valence-electron chi connectivity index (χ3n) is 3.29.